The van der Waals surface area contributed by atoms with Crippen molar-refractivity contribution < 1.29 is 9.84 Å². The van der Waals surface area contributed by atoms with Crippen molar-refractivity contribution in [2.24, 2.45) is 0 Å². The molecule has 1 aromatic carbocycles. The van der Waals surface area contributed by atoms with Gasteiger partial charge in [-0.3, -0.25) is 4.98 Å². The molecule has 2 rings (SSSR count). The van der Waals surface area contributed by atoms with E-state index in [0.717, 1.165) is 17.7 Å². The Morgan fingerprint density at radius 1 is 1.17 bits per heavy atom. The first kappa shape index (κ1) is 12.6. The SMILES string of the molecule is CC(O)c1ccccc1OCCc1ccncc1. The van der Waals surface area contributed by atoms with Crippen molar-refractivity contribution in [2.45, 2.75) is 19.4 Å². The fourth-order valence-electron chi connectivity index (χ4n) is 1.79. The van der Waals surface area contributed by atoms with E-state index in [0.29, 0.717) is 6.61 Å². The van der Waals surface area contributed by atoms with Crippen molar-refractivity contribution in [3.8, 4) is 5.75 Å². The van der Waals surface area contributed by atoms with Crippen LogP contribution in [0.3, 0.4) is 0 Å². The number of aromatic nitrogens is 1. The van der Waals surface area contributed by atoms with Crippen LogP contribution in [0.1, 0.15) is 24.2 Å². The smallest absolute Gasteiger partial charge is 0.125 e. The molecule has 0 aliphatic rings. The number of para-hydroxylation sites is 1. The number of aliphatic hydroxyl groups is 1. The first-order valence-corrected chi connectivity index (χ1v) is 6.06. The average Bonchev–Trinajstić information content (AvgIpc) is 2.40. The van der Waals surface area contributed by atoms with Gasteiger partial charge in [-0.25, -0.2) is 0 Å². The highest BCUT2D eigenvalue weighted by Gasteiger charge is 2.07. The third-order valence-electron chi connectivity index (χ3n) is 2.77. The zero-order valence-electron chi connectivity index (χ0n) is 10.4. The van der Waals surface area contributed by atoms with Gasteiger partial charge in [0.1, 0.15) is 5.75 Å². The van der Waals surface area contributed by atoms with Crippen LogP contribution in [0.15, 0.2) is 48.8 Å². The third kappa shape index (κ3) is 3.31. The zero-order valence-corrected chi connectivity index (χ0v) is 10.4. The molecule has 0 saturated carbocycles. The maximum absolute atomic E-state index is 9.63. The lowest BCUT2D eigenvalue weighted by atomic mass is 10.1. The molecule has 0 bridgehead atoms. The predicted octanol–water partition coefficient (Wildman–Crippen LogP) is 2.76. The molecule has 0 fully saturated rings. The summed E-state index contributed by atoms with van der Waals surface area (Å²) in [5.41, 5.74) is 2.02. The molecular formula is C15H17NO2. The summed E-state index contributed by atoms with van der Waals surface area (Å²) in [5.74, 6) is 0.751. The van der Waals surface area contributed by atoms with E-state index in [2.05, 4.69) is 4.98 Å². The Morgan fingerprint density at radius 3 is 2.61 bits per heavy atom. The van der Waals surface area contributed by atoms with Crippen LogP contribution in [-0.4, -0.2) is 16.7 Å². The second-order valence-corrected chi connectivity index (χ2v) is 4.17. The van der Waals surface area contributed by atoms with Crippen molar-refractivity contribution in [2.75, 3.05) is 6.61 Å². The van der Waals surface area contributed by atoms with Crippen molar-refractivity contribution in [1.29, 1.82) is 0 Å². The highest BCUT2D eigenvalue weighted by molar-refractivity contribution is 5.34. The monoisotopic (exact) mass is 243 g/mol. The number of aliphatic hydroxyl groups excluding tert-OH is 1. The maximum Gasteiger partial charge on any atom is 0.125 e. The molecule has 0 saturated heterocycles. The fourth-order valence-corrected chi connectivity index (χ4v) is 1.79. The summed E-state index contributed by atoms with van der Waals surface area (Å²) < 4.78 is 5.72. The van der Waals surface area contributed by atoms with E-state index in [4.69, 9.17) is 4.74 Å². The topological polar surface area (TPSA) is 42.4 Å². The van der Waals surface area contributed by atoms with E-state index < -0.39 is 6.10 Å². The molecule has 1 aromatic heterocycles. The van der Waals surface area contributed by atoms with E-state index >= 15 is 0 Å². The average molecular weight is 243 g/mol. The van der Waals surface area contributed by atoms with Gasteiger partial charge in [0.05, 0.1) is 12.7 Å². The van der Waals surface area contributed by atoms with Gasteiger partial charge in [0.2, 0.25) is 0 Å². The van der Waals surface area contributed by atoms with Crippen LogP contribution in [0.5, 0.6) is 5.75 Å². The van der Waals surface area contributed by atoms with Crippen LogP contribution in [-0.2, 0) is 6.42 Å². The molecule has 1 N–H and O–H groups in total. The van der Waals surface area contributed by atoms with E-state index in [1.54, 1.807) is 19.3 Å². The molecule has 94 valence electrons. The fraction of sp³-hybridized carbons (Fsp3) is 0.267. The summed E-state index contributed by atoms with van der Waals surface area (Å²) in [6.45, 7) is 2.33. The van der Waals surface area contributed by atoms with Gasteiger partial charge in [0.15, 0.2) is 0 Å². The van der Waals surface area contributed by atoms with Crippen LogP contribution < -0.4 is 4.74 Å². The Balaban J connectivity index is 1.94. The number of nitrogens with zero attached hydrogens (tertiary/aromatic N) is 1. The lowest BCUT2D eigenvalue weighted by Crippen LogP contribution is -2.04. The van der Waals surface area contributed by atoms with Gasteiger partial charge < -0.3 is 9.84 Å². The molecule has 3 nitrogen and oxygen atoms in total. The molecule has 0 spiro atoms. The number of hydrogen-bond acceptors (Lipinski definition) is 3. The molecule has 0 aliphatic heterocycles. The van der Waals surface area contributed by atoms with Gasteiger partial charge in [0, 0.05) is 24.4 Å². The number of pyridine rings is 1. The predicted molar refractivity (Wildman–Crippen MR) is 70.5 cm³/mol. The Kier molecular flexibility index (Phi) is 4.31. The van der Waals surface area contributed by atoms with Crippen molar-refractivity contribution >= 4 is 0 Å². The molecule has 1 unspecified atom stereocenters. The minimum atomic E-state index is -0.512. The minimum Gasteiger partial charge on any atom is -0.493 e. The summed E-state index contributed by atoms with van der Waals surface area (Å²) in [6, 6.07) is 11.5. The summed E-state index contributed by atoms with van der Waals surface area (Å²) in [5, 5.41) is 9.63. The second kappa shape index (κ2) is 6.17. The molecule has 1 heterocycles. The van der Waals surface area contributed by atoms with E-state index in [1.165, 1.54) is 5.56 Å². The van der Waals surface area contributed by atoms with E-state index in [9.17, 15) is 5.11 Å². The largest absolute Gasteiger partial charge is 0.493 e. The number of ether oxygens (including phenoxy) is 1. The summed E-state index contributed by atoms with van der Waals surface area (Å²) in [6.07, 6.45) is 3.87. The van der Waals surface area contributed by atoms with E-state index in [-0.39, 0.29) is 0 Å². The van der Waals surface area contributed by atoms with Crippen molar-refractivity contribution in [1.82, 2.24) is 4.98 Å². The Labute approximate surface area is 107 Å². The Morgan fingerprint density at radius 2 is 1.89 bits per heavy atom. The summed E-state index contributed by atoms with van der Waals surface area (Å²) >= 11 is 0. The van der Waals surface area contributed by atoms with Crippen molar-refractivity contribution in [3.63, 3.8) is 0 Å². The van der Waals surface area contributed by atoms with Crippen LogP contribution in [0, 0.1) is 0 Å². The maximum atomic E-state index is 9.63. The highest BCUT2D eigenvalue weighted by Crippen LogP contribution is 2.24. The van der Waals surface area contributed by atoms with Crippen molar-refractivity contribution in [3.05, 3.63) is 59.9 Å². The van der Waals surface area contributed by atoms with Gasteiger partial charge >= 0.3 is 0 Å². The second-order valence-electron chi connectivity index (χ2n) is 4.17. The Hall–Kier alpha value is -1.87. The van der Waals surface area contributed by atoms with Gasteiger partial charge in [0.25, 0.3) is 0 Å². The molecule has 0 radical (unpaired) electrons. The van der Waals surface area contributed by atoms with Crippen LogP contribution >= 0.6 is 0 Å². The first-order valence-electron chi connectivity index (χ1n) is 6.06. The molecule has 0 amide bonds. The number of benzene rings is 1. The molecule has 0 aliphatic carbocycles. The lowest BCUT2D eigenvalue weighted by molar-refractivity contribution is 0.191. The molecule has 1 atom stereocenters. The van der Waals surface area contributed by atoms with Gasteiger partial charge in [-0.1, -0.05) is 18.2 Å². The van der Waals surface area contributed by atoms with Crippen LogP contribution in [0.4, 0.5) is 0 Å². The molecule has 2 aromatic rings. The number of hydrogen-bond donors (Lipinski definition) is 1. The minimum absolute atomic E-state index is 0.512. The Bertz CT molecular complexity index is 483. The first-order chi connectivity index (χ1) is 8.77. The third-order valence-corrected chi connectivity index (χ3v) is 2.77. The van der Waals surface area contributed by atoms with E-state index in [1.807, 2.05) is 36.4 Å². The summed E-state index contributed by atoms with van der Waals surface area (Å²) in [7, 11) is 0. The quantitative estimate of drug-likeness (QED) is 0.878. The number of rotatable bonds is 5. The standard InChI is InChI=1S/C15H17NO2/c1-12(17)14-4-2-3-5-15(14)18-11-8-13-6-9-16-10-7-13/h2-7,9-10,12,17H,8,11H2,1H3. The lowest BCUT2D eigenvalue weighted by Gasteiger charge is -2.13. The van der Waals surface area contributed by atoms with Crippen LogP contribution in [0.2, 0.25) is 0 Å². The molecule has 18 heavy (non-hydrogen) atoms. The zero-order chi connectivity index (χ0) is 12.8. The normalized spacial score (nSPS) is 12.1. The molecule has 3 heteroatoms. The summed E-state index contributed by atoms with van der Waals surface area (Å²) in [4.78, 5) is 3.98. The highest BCUT2D eigenvalue weighted by atomic mass is 16.5. The van der Waals surface area contributed by atoms with Gasteiger partial charge in [-0.15, -0.1) is 0 Å². The van der Waals surface area contributed by atoms with Gasteiger partial charge in [-0.2, -0.15) is 0 Å². The van der Waals surface area contributed by atoms with Crippen LogP contribution in [0.25, 0.3) is 0 Å². The van der Waals surface area contributed by atoms with Gasteiger partial charge in [-0.05, 0) is 30.7 Å². The molecular weight excluding hydrogens is 226 g/mol.